The molecule has 6 amide bonds. The van der Waals surface area contributed by atoms with Crippen molar-refractivity contribution in [2.24, 2.45) is 11.5 Å². The molecule has 0 rings (SSSR count). The van der Waals surface area contributed by atoms with Gasteiger partial charge >= 0.3 is 11.9 Å². The van der Waals surface area contributed by atoms with Gasteiger partial charge in [0.2, 0.25) is 35.4 Å². The Balaban J connectivity index is 3.95. The molecule has 0 spiro atoms. The van der Waals surface area contributed by atoms with Crippen molar-refractivity contribution in [2.45, 2.75) is 69.1 Å². The number of aliphatic carboxylic acids is 2. The summed E-state index contributed by atoms with van der Waals surface area (Å²) in [5.41, 5.74) is 10.7. The summed E-state index contributed by atoms with van der Waals surface area (Å²) in [7, 11) is 0. The van der Waals surface area contributed by atoms with Crippen LogP contribution in [-0.2, 0) is 38.4 Å². The van der Waals surface area contributed by atoms with Crippen LogP contribution in [0.2, 0.25) is 0 Å². The Morgan fingerprint density at radius 1 is 0.542 bits per heavy atom. The molecule has 0 aromatic heterocycles. The smallest absolute Gasteiger partial charge is 0.320 e. The first-order chi connectivity index (χ1) is 22.7. The first-order valence-corrected chi connectivity index (χ1v) is 16.5. The lowest BCUT2D eigenvalue weighted by Gasteiger charge is -2.17. The summed E-state index contributed by atoms with van der Waals surface area (Å²) in [5, 5.41) is 35.7. The third-order valence-corrected chi connectivity index (χ3v) is 7.20. The molecule has 0 heterocycles. The Morgan fingerprint density at radius 2 is 0.917 bits per heavy atom. The lowest BCUT2D eigenvalue weighted by molar-refractivity contribution is -0.140. The van der Waals surface area contributed by atoms with Crippen LogP contribution in [0.3, 0.4) is 0 Å². The fourth-order valence-corrected chi connectivity index (χ4v) is 4.13. The molecule has 0 aromatic rings. The Morgan fingerprint density at radius 3 is 1.31 bits per heavy atom. The summed E-state index contributed by atoms with van der Waals surface area (Å²) in [6.45, 7) is 1.41. The SMILES string of the molecule is N[C@@H](CCC(=O)N[C@H](CS)C(=O)NCC(=O)NCCCCNCCCNC(=O)CNC(=O)[C@@H](CS)NC(=O)CC[C@H](N)C(=O)O)C(=O)O. The zero-order valence-corrected chi connectivity index (χ0v) is 28.4. The van der Waals surface area contributed by atoms with Crippen molar-refractivity contribution in [3.8, 4) is 0 Å². The van der Waals surface area contributed by atoms with Gasteiger partial charge in [-0.15, -0.1) is 0 Å². The molecule has 0 saturated heterocycles. The van der Waals surface area contributed by atoms with Gasteiger partial charge in [0.05, 0.1) is 13.1 Å². The number of amides is 6. The number of carbonyl (C=O) groups is 8. The largest absolute Gasteiger partial charge is 0.480 e. The van der Waals surface area contributed by atoms with Crippen LogP contribution in [0, 0.1) is 0 Å². The molecule has 0 saturated carbocycles. The van der Waals surface area contributed by atoms with Gasteiger partial charge < -0.3 is 58.9 Å². The molecule has 48 heavy (non-hydrogen) atoms. The molecule has 0 fully saturated rings. The molecular weight excluding hydrogens is 674 g/mol. The van der Waals surface area contributed by atoms with Gasteiger partial charge in [-0.25, -0.2) is 0 Å². The fourth-order valence-electron chi connectivity index (χ4n) is 3.62. The number of hydrogen-bond acceptors (Lipinski definition) is 13. The molecule has 0 aromatic carbocycles. The van der Waals surface area contributed by atoms with Crippen LogP contribution in [-0.4, -0.2) is 133 Å². The van der Waals surface area contributed by atoms with E-state index >= 15 is 0 Å². The van der Waals surface area contributed by atoms with Gasteiger partial charge in [0.25, 0.3) is 0 Å². The maximum absolute atomic E-state index is 12.2. The lowest BCUT2D eigenvalue weighted by atomic mass is 10.1. The second kappa shape index (κ2) is 26.3. The number of nitrogens with one attached hydrogen (secondary N) is 7. The number of unbranched alkanes of at least 4 members (excludes halogenated alkanes) is 1. The minimum atomic E-state index is -1.23. The van der Waals surface area contributed by atoms with Crippen molar-refractivity contribution in [2.75, 3.05) is 50.8 Å². The van der Waals surface area contributed by atoms with Crippen molar-refractivity contribution >= 4 is 72.6 Å². The van der Waals surface area contributed by atoms with Crippen LogP contribution in [0.4, 0.5) is 0 Å². The Labute approximate surface area is 289 Å². The Bertz CT molecular complexity index is 1000. The van der Waals surface area contributed by atoms with Crippen molar-refractivity contribution in [1.29, 1.82) is 0 Å². The van der Waals surface area contributed by atoms with E-state index in [-0.39, 0.29) is 50.3 Å². The van der Waals surface area contributed by atoms with E-state index in [9.17, 15) is 38.4 Å². The molecule has 0 aliphatic heterocycles. The van der Waals surface area contributed by atoms with E-state index in [0.717, 1.165) is 6.42 Å². The van der Waals surface area contributed by atoms with E-state index < -0.39 is 71.5 Å². The third kappa shape index (κ3) is 22.0. The van der Waals surface area contributed by atoms with Crippen molar-refractivity contribution in [1.82, 2.24) is 37.2 Å². The predicted molar refractivity (Wildman–Crippen MR) is 180 cm³/mol. The molecule has 21 heteroatoms. The van der Waals surface area contributed by atoms with Crippen molar-refractivity contribution in [3.05, 3.63) is 0 Å². The number of carbonyl (C=O) groups excluding carboxylic acids is 6. The van der Waals surface area contributed by atoms with Crippen LogP contribution in [0.1, 0.15) is 44.9 Å². The highest BCUT2D eigenvalue weighted by Gasteiger charge is 2.22. The van der Waals surface area contributed by atoms with Crippen LogP contribution < -0.4 is 48.7 Å². The van der Waals surface area contributed by atoms with E-state index in [1.165, 1.54) is 0 Å². The summed E-state index contributed by atoms with van der Waals surface area (Å²) in [6, 6.07) is -4.39. The second-order valence-electron chi connectivity index (χ2n) is 10.5. The first kappa shape index (κ1) is 44.3. The van der Waals surface area contributed by atoms with Crippen LogP contribution in [0.25, 0.3) is 0 Å². The number of thiol groups is 2. The normalized spacial score (nSPS) is 13.2. The molecule has 0 bridgehead atoms. The second-order valence-corrected chi connectivity index (χ2v) is 11.2. The van der Waals surface area contributed by atoms with Gasteiger partial charge in [0.15, 0.2) is 0 Å². The highest BCUT2D eigenvalue weighted by atomic mass is 32.1. The van der Waals surface area contributed by atoms with Crippen LogP contribution in [0.15, 0.2) is 0 Å². The molecule has 0 unspecified atom stereocenters. The highest BCUT2D eigenvalue weighted by Crippen LogP contribution is 1.99. The topological polar surface area (TPSA) is 313 Å². The highest BCUT2D eigenvalue weighted by molar-refractivity contribution is 7.80. The van der Waals surface area contributed by atoms with E-state index in [2.05, 4.69) is 62.5 Å². The van der Waals surface area contributed by atoms with Gasteiger partial charge in [-0.2, -0.15) is 25.3 Å². The number of carboxylic acids is 2. The molecule has 0 radical (unpaired) electrons. The minimum absolute atomic E-state index is 0.0292. The zero-order valence-electron chi connectivity index (χ0n) is 26.6. The molecule has 19 nitrogen and oxygen atoms in total. The van der Waals surface area contributed by atoms with E-state index in [1.807, 2.05) is 0 Å². The number of nitrogens with two attached hydrogens (primary N) is 2. The Kier molecular flexibility index (Phi) is 24.3. The predicted octanol–water partition coefficient (Wildman–Crippen LogP) is -4.58. The van der Waals surface area contributed by atoms with Gasteiger partial charge in [-0.05, 0) is 45.2 Å². The zero-order chi connectivity index (χ0) is 36.5. The van der Waals surface area contributed by atoms with E-state index in [4.69, 9.17) is 21.7 Å². The summed E-state index contributed by atoms with van der Waals surface area (Å²) in [4.78, 5) is 93.8. The number of carboxylic acid groups (broad SMARTS) is 2. The standard InChI is InChI=1S/C27H49N9O10S2/c28-16(26(43)44)4-6-20(37)35-18(14-47)24(41)33-12-22(39)31-10-2-1-8-30-9-3-11-32-23(40)13-34-25(42)19(15-48)36-21(38)7-5-17(29)27(45)46/h16-19,30,47-48H,1-15,28-29H2,(H,31,39)(H,32,40)(H,33,41)(H,34,42)(H,35,37)(H,36,38)(H,43,44)(H,45,46)/t16-,17-,18+,19+/m0/s1. The molecule has 0 aliphatic carbocycles. The van der Waals surface area contributed by atoms with Gasteiger partial charge in [0.1, 0.15) is 24.2 Å². The summed E-state index contributed by atoms with van der Waals surface area (Å²) < 4.78 is 0. The fraction of sp³-hybridized carbons (Fsp3) is 0.704. The maximum atomic E-state index is 12.2. The quantitative estimate of drug-likeness (QED) is 0.0281. The number of rotatable bonds is 27. The molecule has 4 atom stereocenters. The van der Waals surface area contributed by atoms with Crippen molar-refractivity contribution < 1.29 is 48.6 Å². The summed E-state index contributed by atoms with van der Waals surface area (Å²) in [6.07, 6.45) is 1.48. The third-order valence-electron chi connectivity index (χ3n) is 6.47. The van der Waals surface area contributed by atoms with E-state index in [0.29, 0.717) is 39.0 Å². The van der Waals surface area contributed by atoms with E-state index in [1.54, 1.807) is 0 Å². The summed E-state index contributed by atoms with van der Waals surface area (Å²) in [5.74, 6) is -5.70. The summed E-state index contributed by atoms with van der Waals surface area (Å²) >= 11 is 8.05. The number of hydrogen-bond donors (Lipinski definition) is 13. The van der Waals surface area contributed by atoms with Gasteiger partial charge in [0, 0.05) is 37.4 Å². The van der Waals surface area contributed by atoms with Gasteiger partial charge in [-0.3, -0.25) is 38.4 Å². The average Bonchev–Trinajstić information content (AvgIpc) is 3.05. The minimum Gasteiger partial charge on any atom is -0.480 e. The maximum Gasteiger partial charge on any atom is 0.320 e. The lowest BCUT2D eigenvalue weighted by Crippen LogP contribution is -2.50. The van der Waals surface area contributed by atoms with Crippen LogP contribution in [0.5, 0.6) is 0 Å². The molecule has 13 N–H and O–H groups in total. The van der Waals surface area contributed by atoms with Crippen LogP contribution >= 0.6 is 25.3 Å². The molecule has 274 valence electrons. The first-order valence-electron chi connectivity index (χ1n) is 15.3. The van der Waals surface area contributed by atoms with Gasteiger partial charge in [-0.1, -0.05) is 0 Å². The molecular formula is C27H49N9O10S2. The average molecular weight is 724 g/mol. The molecule has 0 aliphatic rings. The van der Waals surface area contributed by atoms with Crippen molar-refractivity contribution in [3.63, 3.8) is 0 Å². The monoisotopic (exact) mass is 723 g/mol. The Hall–Kier alpha value is -3.66.